The summed E-state index contributed by atoms with van der Waals surface area (Å²) in [6, 6.07) is 33.0. The Kier molecular flexibility index (Phi) is 7.74. The highest BCUT2D eigenvalue weighted by molar-refractivity contribution is 7.98. The van der Waals surface area contributed by atoms with Crippen molar-refractivity contribution in [1.82, 2.24) is 25.1 Å². The van der Waals surface area contributed by atoms with Gasteiger partial charge in [0.25, 0.3) is 0 Å². The van der Waals surface area contributed by atoms with E-state index in [1.54, 1.807) is 16.4 Å². The summed E-state index contributed by atoms with van der Waals surface area (Å²) in [5.41, 5.74) is 4.33. The number of para-hydroxylation sites is 1. The number of aromatic nitrogens is 4. The smallest absolute Gasteiger partial charge is 0.407 e. The lowest BCUT2D eigenvalue weighted by atomic mass is 9.86. The van der Waals surface area contributed by atoms with Gasteiger partial charge in [-0.15, -0.1) is 5.10 Å². The van der Waals surface area contributed by atoms with E-state index in [4.69, 9.17) is 4.74 Å². The van der Waals surface area contributed by atoms with Crippen LogP contribution in [0.15, 0.2) is 102 Å². The Morgan fingerprint density at radius 2 is 1.68 bits per heavy atom. The maximum atomic E-state index is 11.7. The van der Waals surface area contributed by atoms with Gasteiger partial charge in [-0.05, 0) is 62.5 Å². The molecule has 1 amide bonds. The molecule has 40 heavy (non-hydrogen) atoms. The Balaban J connectivity index is 1.13. The number of fused-ring (bicyclic) bond motifs is 1. The molecule has 0 aliphatic carbocycles. The van der Waals surface area contributed by atoms with E-state index in [2.05, 4.69) is 70.1 Å². The molecule has 1 aliphatic rings. The molecule has 1 N–H and O–H groups in total. The summed E-state index contributed by atoms with van der Waals surface area (Å²) < 4.78 is 8.16. The Morgan fingerprint density at radius 3 is 2.48 bits per heavy atom. The van der Waals surface area contributed by atoms with Crippen LogP contribution in [0.5, 0.6) is 0 Å². The second-order valence-corrected chi connectivity index (χ2v) is 10.8. The van der Waals surface area contributed by atoms with Crippen LogP contribution in [0, 0.1) is 0 Å². The third kappa shape index (κ3) is 5.85. The van der Waals surface area contributed by atoms with Gasteiger partial charge in [-0.3, -0.25) is 0 Å². The van der Waals surface area contributed by atoms with Crippen LogP contribution in [0.4, 0.5) is 4.79 Å². The number of hydrogen-bond acceptors (Lipinski definition) is 6. The third-order valence-electron chi connectivity index (χ3n) is 7.33. The number of amides is 1. The van der Waals surface area contributed by atoms with Crippen LogP contribution in [0.1, 0.15) is 29.0 Å². The lowest BCUT2D eigenvalue weighted by Gasteiger charge is -2.37. The number of carbonyl (C=O) groups is 1. The predicted octanol–water partition coefficient (Wildman–Crippen LogP) is 6.16. The molecule has 0 bridgehead atoms. The van der Waals surface area contributed by atoms with Crippen molar-refractivity contribution in [1.29, 1.82) is 0 Å². The SMILES string of the molecule is O=C(O)N1CCC(c2ccc(CSc3nnnn3-c3ccccc3)cc2)C(OCc2ccc3ccccc3c2)C1. The van der Waals surface area contributed by atoms with Crippen LogP contribution in [0.2, 0.25) is 0 Å². The van der Waals surface area contributed by atoms with Gasteiger partial charge in [-0.2, -0.15) is 4.68 Å². The first kappa shape index (κ1) is 26.0. The normalized spacial score (nSPS) is 17.2. The van der Waals surface area contributed by atoms with E-state index in [-0.39, 0.29) is 12.0 Å². The standard InChI is InChI=1S/C31H29N5O3S/c37-31(38)35-17-16-28(29(19-35)39-20-23-12-13-24-6-4-5-7-26(24)18-23)25-14-10-22(11-15-25)21-40-30-32-33-34-36(30)27-8-2-1-3-9-27/h1-15,18,28-29H,16-17,19-21H2,(H,37,38). The van der Waals surface area contributed by atoms with Gasteiger partial charge in [-0.1, -0.05) is 90.6 Å². The zero-order chi connectivity index (χ0) is 27.3. The Bertz CT molecular complexity index is 1590. The Labute approximate surface area is 236 Å². The fraction of sp³-hybridized carbons (Fsp3) is 0.226. The van der Waals surface area contributed by atoms with Crippen molar-refractivity contribution in [3.05, 3.63) is 114 Å². The molecule has 0 radical (unpaired) electrons. The molecule has 2 atom stereocenters. The van der Waals surface area contributed by atoms with E-state index >= 15 is 0 Å². The summed E-state index contributed by atoms with van der Waals surface area (Å²) in [5, 5.41) is 24.9. The fourth-order valence-electron chi connectivity index (χ4n) is 5.18. The molecular weight excluding hydrogens is 522 g/mol. The average molecular weight is 552 g/mol. The topological polar surface area (TPSA) is 93.4 Å². The minimum atomic E-state index is -0.900. The number of piperidine rings is 1. The first-order chi connectivity index (χ1) is 19.6. The minimum Gasteiger partial charge on any atom is -0.465 e. The number of thioether (sulfide) groups is 1. The highest BCUT2D eigenvalue weighted by Gasteiger charge is 2.33. The maximum absolute atomic E-state index is 11.7. The number of rotatable bonds is 8. The second kappa shape index (κ2) is 11.9. The minimum absolute atomic E-state index is 0.114. The van der Waals surface area contributed by atoms with E-state index < -0.39 is 6.09 Å². The third-order valence-corrected chi connectivity index (χ3v) is 8.32. The summed E-state index contributed by atoms with van der Waals surface area (Å²) >= 11 is 1.58. The largest absolute Gasteiger partial charge is 0.465 e. The van der Waals surface area contributed by atoms with Crippen LogP contribution in [0.3, 0.4) is 0 Å². The number of tetrazole rings is 1. The van der Waals surface area contributed by atoms with Gasteiger partial charge in [0.1, 0.15) is 0 Å². The highest BCUT2D eigenvalue weighted by atomic mass is 32.2. The molecule has 5 aromatic rings. The van der Waals surface area contributed by atoms with Crippen molar-refractivity contribution in [2.45, 2.75) is 36.0 Å². The molecular formula is C31H29N5O3S. The van der Waals surface area contributed by atoms with E-state index in [1.165, 1.54) is 15.7 Å². The predicted molar refractivity (Wildman–Crippen MR) is 155 cm³/mol. The maximum Gasteiger partial charge on any atom is 0.407 e. The van der Waals surface area contributed by atoms with Crippen LogP contribution in [0.25, 0.3) is 16.5 Å². The number of likely N-dealkylation sites (tertiary alicyclic amines) is 1. The molecule has 0 spiro atoms. The quantitative estimate of drug-likeness (QED) is 0.231. The number of carboxylic acid groups (broad SMARTS) is 1. The molecule has 0 saturated carbocycles. The van der Waals surface area contributed by atoms with Crippen molar-refractivity contribution in [3.63, 3.8) is 0 Å². The van der Waals surface area contributed by atoms with Crippen LogP contribution in [-0.4, -0.2) is 55.5 Å². The summed E-state index contributed by atoms with van der Waals surface area (Å²) in [5.74, 6) is 0.843. The van der Waals surface area contributed by atoms with Crippen molar-refractivity contribution in [2.75, 3.05) is 13.1 Å². The van der Waals surface area contributed by atoms with E-state index in [0.717, 1.165) is 33.3 Å². The van der Waals surface area contributed by atoms with E-state index in [1.807, 2.05) is 42.5 Å². The van der Waals surface area contributed by atoms with Gasteiger partial charge in [-0.25, -0.2) is 4.79 Å². The lowest BCUT2D eigenvalue weighted by Crippen LogP contribution is -2.46. The van der Waals surface area contributed by atoms with Gasteiger partial charge < -0.3 is 14.7 Å². The fourth-order valence-corrected chi connectivity index (χ4v) is 6.03. The summed E-state index contributed by atoms with van der Waals surface area (Å²) in [6.45, 7) is 1.28. The molecule has 2 unspecified atom stereocenters. The van der Waals surface area contributed by atoms with Gasteiger partial charge in [0.15, 0.2) is 0 Å². The van der Waals surface area contributed by atoms with E-state index in [9.17, 15) is 9.90 Å². The van der Waals surface area contributed by atoms with Crippen LogP contribution >= 0.6 is 11.8 Å². The second-order valence-electron chi connectivity index (χ2n) is 9.89. The zero-order valence-corrected chi connectivity index (χ0v) is 22.7. The van der Waals surface area contributed by atoms with E-state index in [0.29, 0.717) is 26.1 Å². The molecule has 6 rings (SSSR count). The molecule has 9 heteroatoms. The van der Waals surface area contributed by atoms with Crippen LogP contribution < -0.4 is 0 Å². The van der Waals surface area contributed by atoms with Crippen molar-refractivity contribution < 1.29 is 14.6 Å². The number of hydrogen-bond donors (Lipinski definition) is 1. The summed E-state index contributed by atoms with van der Waals surface area (Å²) in [7, 11) is 0. The van der Waals surface area contributed by atoms with Gasteiger partial charge >= 0.3 is 6.09 Å². The summed E-state index contributed by atoms with van der Waals surface area (Å²) in [6.07, 6.45) is -0.413. The molecule has 202 valence electrons. The first-order valence-electron chi connectivity index (χ1n) is 13.3. The van der Waals surface area contributed by atoms with Gasteiger partial charge in [0.2, 0.25) is 5.16 Å². The molecule has 1 aliphatic heterocycles. The van der Waals surface area contributed by atoms with Crippen LogP contribution in [-0.2, 0) is 17.1 Å². The first-order valence-corrected chi connectivity index (χ1v) is 14.3. The zero-order valence-electron chi connectivity index (χ0n) is 21.8. The van der Waals surface area contributed by atoms with Gasteiger partial charge in [0.05, 0.1) is 24.9 Å². The van der Waals surface area contributed by atoms with Crippen molar-refractivity contribution in [3.8, 4) is 5.69 Å². The molecule has 1 saturated heterocycles. The molecule has 1 fully saturated rings. The van der Waals surface area contributed by atoms with Crippen molar-refractivity contribution >= 4 is 28.6 Å². The monoisotopic (exact) mass is 551 g/mol. The molecule has 2 heterocycles. The molecule has 8 nitrogen and oxygen atoms in total. The van der Waals surface area contributed by atoms with Crippen molar-refractivity contribution in [2.24, 2.45) is 0 Å². The molecule has 4 aromatic carbocycles. The number of benzene rings is 4. The number of ether oxygens (including phenoxy) is 1. The Hall–Kier alpha value is -4.21. The number of nitrogens with zero attached hydrogens (tertiary/aromatic N) is 5. The summed E-state index contributed by atoms with van der Waals surface area (Å²) in [4.78, 5) is 13.2. The van der Waals surface area contributed by atoms with Gasteiger partial charge in [0, 0.05) is 18.2 Å². The Morgan fingerprint density at radius 1 is 0.925 bits per heavy atom. The lowest BCUT2D eigenvalue weighted by molar-refractivity contribution is -0.0199. The molecule has 1 aromatic heterocycles. The highest BCUT2D eigenvalue weighted by Crippen LogP contribution is 2.32. The average Bonchev–Trinajstić information content (AvgIpc) is 3.48.